The summed E-state index contributed by atoms with van der Waals surface area (Å²) >= 11 is 1.54. The van der Waals surface area contributed by atoms with Crippen molar-refractivity contribution in [3.63, 3.8) is 0 Å². The molecule has 4 nitrogen and oxygen atoms in total. The molecule has 0 atom stereocenters. The van der Waals surface area contributed by atoms with Gasteiger partial charge in [-0.05, 0) is 31.4 Å². The molecule has 0 saturated heterocycles. The molecule has 5 heteroatoms. The van der Waals surface area contributed by atoms with Gasteiger partial charge in [-0.1, -0.05) is 49.6 Å². The van der Waals surface area contributed by atoms with Gasteiger partial charge in [0.1, 0.15) is 5.03 Å². The zero-order chi connectivity index (χ0) is 18.1. The summed E-state index contributed by atoms with van der Waals surface area (Å²) in [6.07, 6.45) is 5.21. The van der Waals surface area contributed by atoms with Crippen molar-refractivity contribution in [2.45, 2.75) is 55.8 Å². The lowest BCUT2D eigenvalue weighted by Gasteiger charge is -2.29. The molecule has 0 radical (unpaired) electrons. The van der Waals surface area contributed by atoms with E-state index in [1.54, 1.807) is 6.07 Å². The molecule has 26 heavy (non-hydrogen) atoms. The minimum Gasteiger partial charge on any atom is -0.271 e. The molecule has 0 bridgehead atoms. The second-order valence-electron chi connectivity index (χ2n) is 7.04. The van der Waals surface area contributed by atoms with Crippen molar-refractivity contribution in [2.75, 3.05) is 0 Å². The molecule has 1 aromatic carbocycles. The monoisotopic (exact) mass is 366 g/mol. The Morgan fingerprint density at radius 3 is 2.54 bits per heavy atom. The number of hydrogen-bond acceptors (Lipinski definition) is 4. The van der Waals surface area contributed by atoms with Crippen LogP contribution in [-0.2, 0) is 5.75 Å². The number of hydrogen-bond donors (Lipinski definition) is 0. The summed E-state index contributed by atoms with van der Waals surface area (Å²) in [4.78, 5) is 32.2. The van der Waals surface area contributed by atoms with Crippen molar-refractivity contribution in [1.29, 1.82) is 0 Å². The Hall–Kier alpha value is -2.14. The summed E-state index contributed by atoms with van der Waals surface area (Å²) in [5, 5.41) is 0.681. The van der Waals surface area contributed by atoms with E-state index >= 15 is 0 Å². The van der Waals surface area contributed by atoms with Gasteiger partial charge < -0.3 is 0 Å². The average molecular weight is 366 g/mol. The topological polar surface area (TPSA) is 50.3 Å². The quantitative estimate of drug-likeness (QED) is 0.586. The molecule has 0 N–H and O–H groups in total. The highest BCUT2D eigenvalue weighted by Crippen LogP contribution is 2.36. The van der Waals surface area contributed by atoms with Gasteiger partial charge >= 0.3 is 0 Å². The molecule has 134 valence electrons. The number of rotatable bonds is 4. The van der Waals surface area contributed by atoms with Crippen LogP contribution in [0.4, 0.5) is 0 Å². The van der Waals surface area contributed by atoms with Crippen LogP contribution in [0.5, 0.6) is 0 Å². The van der Waals surface area contributed by atoms with Gasteiger partial charge in [-0.2, -0.15) is 0 Å². The second-order valence-corrected chi connectivity index (χ2v) is 8.00. The Morgan fingerprint density at radius 2 is 1.81 bits per heavy atom. The maximum Gasteiger partial charge on any atom is 0.264 e. The van der Waals surface area contributed by atoms with Gasteiger partial charge in [-0.3, -0.25) is 14.5 Å². The lowest BCUT2D eigenvalue weighted by molar-refractivity contribution is 0.0547. The summed E-state index contributed by atoms with van der Waals surface area (Å²) in [5.41, 5.74) is 3.00. The second kappa shape index (κ2) is 7.23. The Bertz CT molecular complexity index is 845. The van der Waals surface area contributed by atoms with Crippen molar-refractivity contribution in [1.82, 2.24) is 9.88 Å². The van der Waals surface area contributed by atoms with Crippen molar-refractivity contribution in [3.8, 4) is 0 Å². The molecule has 1 aromatic heterocycles. The average Bonchev–Trinajstić information content (AvgIpc) is 2.92. The van der Waals surface area contributed by atoms with E-state index in [0.29, 0.717) is 16.2 Å². The van der Waals surface area contributed by atoms with Crippen LogP contribution in [0.25, 0.3) is 0 Å². The maximum atomic E-state index is 13.1. The smallest absolute Gasteiger partial charge is 0.264 e. The minimum absolute atomic E-state index is 0.0448. The van der Waals surface area contributed by atoms with Gasteiger partial charge in [0, 0.05) is 17.5 Å². The van der Waals surface area contributed by atoms with E-state index in [9.17, 15) is 9.59 Å². The summed E-state index contributed by atoms with van der Waals surface area (Å²) in [5.74, 6) is 0.443. The van der Waals surface area contributed by atoms with E-state index in [0.717, 1.165) is 37.1 Å². The van der Waals surface area contributed by atoms with Crippen LogP contribution in [0.3, 0.4) is 0 Å². The van der Waals surface area contributed by atoms with Gasteiger partial charge in [0.15, 0.2) is 0 Å². The van der Waals surface area contributed by atoms with E-state index in [1.165, 1.54) is 28.6 Å². The van der Waals surface area contributed by atoms with E-state index in [1.807, 2.05) is 25.1 Å². The van der Waals surface area contributed by atoms with Crippen molar-refractivity contribution < 1.29 is 9.59 Å². The first-order valence-electron chi connectivity index (χ1n) is 9.21. The Kier molecular flexibility index (Phi) is 4.81. The molecule has 4 rings (SSSR count). The molecule has 0 unspecified atom stereocenters. The van der Waals surface area contributed by atoms with Crippen LogP contribution in [0, 0.1) is 6.92 Å². The Labute approximate surface area is 158 Å². The number of pyridine rings is 1. The van der Waals surface area contributed by atoms with Gasteiger partial charge in [0.05, 0.1) is 11.1 Å². The number of fused-ring (bicyclic) bond motifs is 1. The van der Waals surface area contributed by atoms with Gasteiger partial charge in [-0.25, -0.2) is 4.98 Å². The highest BCUT2D eigenvalue weighted by Gasteiger charge is 2.42. The third kappa shape index (κ3) is 3.16. The van der Waals surface area contributed by atoms with Crippen LogP contribution in [-0.4, -0.2) is 27.7 Å². The van der Waals surface area contributed by atoms with Gasteiger partial charge in [-0.15, -0.1) is 11.8 Å². The summed E-state index contributed by atoms with van der Waals surface area (Å²) < 4.78 is 0. The third-order valence-electron chi connectivity index (χ3n) is 5.15. The molecule has 1 aliphatic heterocycles. The lowest BCUT2D eigenvalue weighted by Crippen LogP contribution is -2.40. The molecule has 1 saturated carbocycles. The number of aromatic nitrogens is 1. The fourth-order valence-electron chi connectivity index (χ4n) is 3.86. The van der Waals surface area contributed by atoms with Crippen molar-refractivity contribution in [3.05, 3.63) is 58.8 Å². The largest absolute Gasteiger partial charge is 0.271 e. The van der Waals surface area contributed by atoms with E-state index < -0.39 is 0 Å². The fraction of sp³-hybridized carbons (Fsp3) is 0.381. The Balaban J connectivity index is 1.64. The van der Waals surface area contributed by atoms with Crippen molar-refractivity contribution >= 4 is 23.6 Å². The maximum absolute atomic E-state index is 13.1. The van der Waals surface area contributed by atoms with Crippen molar-refractivity contribution in [2.24, 2.45) is 0 Å². The number of nitrogens with zero attached hydrogens (tertiary/aromatic N) is 2. The van der Waals surface area contributed by atoms with E-state index in [4.69, 9.17) is 0 Å². The zero-order valence-electron chi connectivity index (χ0n) is 14.9. The van der Waals surface area contributed by atoms with Gasteiger partial charge in [0.2, 0.25) is 0 Å². The molecule has 1 fully saturated rings. The van der Waals surface area contributed by atoms with Crippen LogP contribution in [0.1, 0.15) is 64.1 Å². The zero-order valence-corrected chi connectivity index (χ0v) is 15.7. The number of imide groups is 1. The fourth-order valence-corrected chi connectivity index (χ4v) is 4.91. The normalized spacial score (nSPS) is 17.7. The first-order valence-corrected chi connectivity index (χ1v) is 10.2. The van der Waals surface area contributed by atoms with Crippen LogP contribution >= 0.6 is 11.8 Å². The molecule has 2 aromatic rings. The van der Waals surface area contributed by atoms with Crippen LogP contribution < -0.4 is 0 Å². The highest BCUT2D eigenvalue weighted by atomic mass is 32.2. The predicted molar refractivity (Wildman–Crippen MR) is 102 cm³/mol. The minimum atomic E-state index is -0.153. The summed E-state index contributed by atoms with van der Waals surface area (Å²) in [6, 6.07) is 11.9. The predicted octanol–water partition coefficient (Wildman–Crippen LogP) is 4.61. The number of thioether (sulfide) groups is 1. The number of benzene rings is 1. The van der Waals surface area contributed by atoms with E-state index in [2.05, 4.69) is 17.1 Å². The molecule has 2 amide bonds. The SMILES string of the molecule is Cc1cc2c(c(SCc3ccccc3)n1)C(=O)N(C1CCCCC1)C2=O. The molecular weight excluding hydrogens is 344 g/mol. The Morgan fingerprint density at radius 1 is 1.08 bits per heavy atom. The molecule has 2 heterocycles. The lowest BCUT2D eigenvalue weighted by atomic mass is 9.94. The molecular formula is C21H22N2O2S. The van der Waals surface area contributed by atoms with Gasteiger partial charge in [0.25, 0.3) is 11.8 Å². The molecule has 0 spiro atoms. The highest BCUT2D eigenvalue weighted by molar-refractivity contribution is 7.98. The van der Waals surface area contributed by atoms with Crippen LogP contribution in [0.2, 0.25) is 0 Å². The third-order valence-corrected chi connectivity index (χ3v) is 6.20. The van der Waals surface area contributed by atoms with Crippen LogP contribution in [0.15, 0.2) is 41.4 Å². The molecule has 2 aliphatic rings. The number of carbonyl (C=O) groups is 2. The standard InChI is InChI=1S/C21H22N2O2S/c1-14-12-17-18(19(22-14)26-13-15-8-4-2-5-9-15)21(25)23(20(17)24)16-10-6-3-7-11-16/h2,4-5,8-9,12,16H,3,6-7,10-11,13H2,1H3. The first kappa shape index (κ1) is 17.3. The van der Waals surface area contributed by atoms with E-state index in [-0.39, 0.29) is 17.9 Å². The molecule has 1 aliphatic carbocycles. The number of carbonyl (C=O) groups excluding carboxylic acids is 2. The number of amides is 2. The number of aryl methyl sites for hydroxylation is 1. The summed E-state index contributed by atoms with van der Waals surface area (Å²) in [7, 11) is 0. The summed E-state index contributed by atoms with van der Waals surface area (Å²) in [6.45, 7) is 1.88. The first-order chi connectivity index (χ1) is 12.6.